The largest absolute Gasteiger partial charge is 0.321 e. The molecule has 1 amide bonds. The smallest absolute Gasteiger partial charge is 0.231 e. The van der Waals surface area contributed by atoms with Crippen molar-refractivity contribution in [3.05, 3.63) is 65.0 Å². The second-order valence-electron chi connectivity index (χ2n) is 5.09. The molecule has 2 rings (SSSR count). The van der Waals surface area contributed by atoms with Crippen LogP contribution in [-0.4, -0.2) is 11.7 Å². The molecule has 0 aromatic heterocycles. The number of ketones is 1. The third kappa shape index (κ3) is 3.41. The first kappa shape index (κ1) is 16.7. The third-order valence-corrected chi connectivity index (χ3v) is 3.48. The normalized spacial score (nSPS) is 11.9. The van der Waals surface area contributed by atoms with Gasteiger partial charge in [-0.2, -0.15) is 0 Å². The van der Waals surface area contributed by atoms with Gasteiger partial charge in [0, 0.05) is 0 Å². The lowest BCUT2D eigenvalue weighted by atomic mass is 10.0. The molecule has 0 aliphatic rings. The van der Waals surface area contributed by atoms with Crippen LogP contribution in [0.3, 0.4) is 0 Å². The van der Waals surface area contributed by atoms with Crippen molar-refractivity contribution in [3.8, 4) is 0 Å². The number of carbonyl (C=O) groups is 2. The lowest BCUT2D eigenvalue weighted by molar-refractivity contribution is -0.117. The predicted molar refractivity (Wildman–Crippen MR) is 79.8 cm³/mol. The molecule has 6 heteroatoms. The van der Waals surface area contributed by atoms with Crippen molar-refractivity contribution >= 4 is 17.4 Å². The Kier molecular flexibility index (Phi) is 4.83. The molecule has 1 unspecified atom stereocenters. The molecule has 0 saturated carbocycles. The van der Waals surface area contributed by atoms with Gasteiger partial charge in [-0.25, -0.2) is 13.2 Å². The number of amides is 1. The fourth-order valence-electron chi connectivity index (χ4n) is 2.09. The summed E-state index contributed by atoms with van der Waals surface area (Å²) in [4.78, 5) is 23.3. The first-order valence-corrected chi connectivity index (χ1v) is 6.87. The highest BCUT2D eigenvalue weighted by molar-refractivity contribution is 5.98. The maximum atomic E-state index is 13.9. The van der Waals surface area contributed by atoms with E-state index in [4.69, 9.17) is 0 Å². The van der Waals surface area contributed by atoms with E-state index in [2.05, 4.69) is 0 Å². The Morgan fingerprint density at radius 3 is 2.22 bits per heavy atom. The first-order chi connectivity index (χ1) is 10.8. The van der Waals surface area contributed by atoms with Gasteiger partial charge in [0.1, 0.15) is 5.69 Å². The molecule has 1 N–H and O–H groups in total. The summed E-state index contributed by atoms with van der Waals surface area (Å²) in [7, 11) is 0. The van der Waals surface area contributed by atoms with E-state index in [1.165, 1.54) is 0 Å². The zero-order chi connectivity index (χ0) is 17.1. The third-order valence-electron chi connectivity index (χ3n) is 3.48. The average molecular weight is 321 g/mol. The summed E-state index contributed by atoms with van der Waals surface area (Å²) in [6, 6.07) is 9.17. The molecule has 0 bridgehead atoms. The second kappa shape index (κ2) is 6.64. The van der Waals surface area contributed by atoms with Crippen LogP contribution in [0.4, 0.5) is 18.9 Å². The summed E-state index contributed by atoms with van der Waals surface area (Å²) in [6.45, 7) is 2.55. The topological polar surface area (TPSA) is 46.2 Å². The van der Waals surface area contributed by atoms with Crippen molar-refractivity contribution in [1.82, 2.24) is 0 Å². The molecule has 1 atom stereocenters. The van der Waals surface area contributed by atoms with E-state index in [-0.39, 0.29) is 0 Å². The van der Waals surface area contributed by atoms with Crippen molar-refractivity contribution in [2.45, 2.75) is 19.8 Å². The second-order valence-corrected chi connectivity index (χ2v) is 5.09. The lowest BCUT2D eigenvalue weighted by Gasteiger charge is -2.14. The van der Waals surface area contributed by atoms with E-state index < -0.39 is 46.3 Å². The predicted octanol–water partition coefficient (Wildman–Crippen LogP) is 4.05. The highest BCUT2D eigenvalue weighted by Gasteiger charge is 2.24. The van der Waals surface area contributed by atoms with Crippen LogP contribution in [-0.2, 0) is 4.79 Å². The van der Waals surface area contributed by atoms with Crippen LogP contribution in [0.25, 0.3) is 0 Å². The summed E-state index contributed by atoms with van der Waals surface area (Å²) in [5, 5.41) is 2.04. The van der Waals surface area contributed by atoms with Gasteiger partial charge in [-0.3, -0.25) is 9.59 Å². The zero-order valence-electron chi connectivity index (χ0n) is 12.5. The minimum absolute atomic E-state index is 0.573. The number of rotatable bonds is 4. The Hall–Kier alpha value is -2.63. The molecule has 3 nitrogen and oxygen atoms in total. The van der Waals surface area contributed by atoms with Crippen molar-refractivity contribution < 1.29 is 22.8 Å². The summed E-state index contributed by atoms with van der Waals surface area (Å²) in [5.41, 5.74) is -0.957. The van der Waals surface area contributed by atoms with Crippen LogP contribution < -0.4 is 5.32 Å². The van der Waals surface area contributed by atoms with Crippen molar-refractivity contribution in [1.29, 1.82) is 0 Å². The Morgan fingerprint density at radius 1 is 1.04 bits per heavy atom. The number of carbonyl (C=O) groups excluding carboxylic acids is 2. The van der Waals surface area contributed by atoms with Crippen LogP contribution in [0.2, 0.25) is 0 Å². The lowest BCUT2D eigenvalue weighted by Crippen LogP contribution is -2.21. The van der Waals surface area contributed by atoms with Gasteiger partial charge in [-0.1, -0.05) is 30.3 Å². The van der Waals surface area contributed by atoms with Gasteiger partial charge in [0.05, 0.1) is 11.5 Å². The van der Waals surface area contributed by atoms with Gasteiger partial charge >= 0.3 is 0 Å². The molecule has 0 fully saturated rings. The fraction of sp³-hybridized carbons (Fsp3) is 0.176. The van der Waals surface area contributed by atoms with E-state index in [0.717, 1.165) is 6.92 Å². The Labute approximate surface area is 131 Å². The van der Waals surface area contributed by atoms with E-state index in [1.54, 1.807) is 37.3 Å². The van der Waals surface area contributed by atoms with Gasteiger partial charge in [-0.15, -0.1) is 0 Å². The molecule has 0 aliphatic heterocycles. The maximum Gasteiger partial charge on any atom is 0.231 e. The number of benzene rings is 2. The molecule has 0 spiro atoms. The molecular formula is C17H14F3NO2. The van der Waals surface area contributed by atoms with Crippen LogP contribution in [0.5, 0.6) is 0 Å². The van der Waals surface area contributed by atoms with E-state index in [9.17, 15) is 22.8 Å². The standard InChI is InChI=1S/C17H14F3NO2/c1-9(11-6-4-3-5-7-11)17(23)21-16-13(18)8-12(10(2)22)14(19)15(16)20/h3-9H,1-2H3,(H,21,23). The van der Waals surface area contributed by atoms with E-state index in [0.29, 0.717) is 11.6 Å². The molecule has 0 aliphatic carbocycles. The quantitative estimate of drug-likeness (QED) is 0.682. The fourth-order valence-corrected chi connectivity index (χ4v) is 2.09. The molecule has 0 saturated heterocycles. The molecular weight excluding hydrogens is 307 g/mol. The summed E-state index contributed by atoms with van der Waals surface area (Å²) < 4.78 is 41.6. The number of hydrogen-bond acceptors (Lipinski definition) is 2. The highest BCUT2D eigenvalue weighted by Crippen LogP contribution is 2.26. The van der Waals surface area contributed by atoms with Gasteiger partial charge < -0.3 is 5.32 Å². The highest BCUT2D eigenvalue weighted by atomic mass is 19.2. The van der Waals surface area contributed by atoms with Gasteiger partial charge in [-0.05, 0) is 25.5 Å². The molecule has 0 radical (unpaired) electrons. The number of Topliss-reactive ketones (excluding diaryl/α,β-unsaturated/α-hetero) is 1. The molecule has 2 aromatic rings. The van der Waals surface area contributed by atoms with Gasteiger partial charge in [0.2, 0.25) is 5.91 Å². The number of anilines is 1. The van der Waals surface area contributed by atoms with Crippen molar-refractivity contribution in [2.75, 3.05) is 5.32 Å². The van der Waals surface area contributed by atoms with Crippen LogP contribution in [0.15, 0.2) is 36.4 Å². The number of nitrogens with one attached hydrogen (secondary N) is 1. The molecule has 2 aromatic carbocycles. The summed E-state index contributed by atoms with van der Waals surface area (Å²) in [6.07, 6.45) is 0. The molecule has 23 heavy (non-hydrogen) atoms. The SMILES string of the molecule is CC(=O)c1cc(F)c(NC(=O)C(C)c2ccccc2)c(F)c1F. The van der Waals surface area contributed by atoms with Crippen LogP contribution in [0, 0.1) is 17.5 Å². The maximum absolute atomic E-state index is 13.9. The minimum atomic E-state index is -1.59. The molecule has 0 heterocycles. The van der Waals surface area contributed by atoms with Crippen molar-refractivity contribution in [2.24, 2.45) is 0 Å². The Morgan fingerprint density at radius 2 is 1.65 bits per heavy atom. The van der Waals surface area contributed by atoms with Crippen molar-refractivity contribution in [3.63, 3.8) is 0 Å². The van der Waals surface area contributed by atoms with Crippen LogP contribution >= 0.6 is 0 Å². The first-order valence-electron chi connectivity index (χ1n) is 6.87. The zero-order valence-corrected chi connectivity index (χ0v) is 12.5. The number of halogens is 3. The van der Waals surface area contributed by atoms with Crippen LogP contribution in [0.1, 0.15) is 35.7 Å². The minimum Gasteiger partial charge on any atom is -0.321 e. The van der Waals surface area contributed by atoms with E-state index >= 15 is 0 Å². The average Bonchev–Trinajstić information content (AvgIpc) is 2.54. The Balaban J connectivity index is 2.32. The summed E-state index contributed by atoms with van der Waals surface area (Å²) in [5.74, 6) is -6.47. The van der Waals surface area contributed by atoms with Gasteiger partial charge in [0.15, 0.2) is 23.2 Å². The van der Waals surface area contributed by atoms with E-state index in [1.807, 2.05) is 5.32 Å². The molecule has 120 valence electrons. The summed E-state index contributed by atoms with van der Waals surface area (Å²) >= 11 is 0. The monoisotopic (exact) mass is 321 g/mol. The number of hydrogen-bond donors (Lipinski definition) is 1. The van der Waals surface area contributed by atoms with Gasteiger partial charge in [0.25, 0.3) is 0 Å². The Bertz CT molecular complexity index is 760.